The van der Waals surface area contributed by atoms with Gasteiger partial charge in [0, 0.05) is 23.9 Å². The summed E-state index contributed by atoms with van der Waals surface area (Å²) in [5.74, 6) is -0.308. The molecule has 1 atom stereocenters. The van der Waals surface area contributed by atoms with Crippen LogP contribution in [-0.2, 0) is 16.1 Å². The van der Waals surface area contributed by atoms with Gasteiger partial charge in [-0.3, -0.25) is 4.79 Å². The Labute approximate surface area is 182 Å². The van der Waals surface area contributed by atoms with Crippen molar-refractivity contribution in [3.63, 3.8) is 0 Å². The van der Waals surface area contributed by atoms with Crippen molar-refractivity contribution >= 4 is 12.0 Å². The Bertz CT molecular complexity index is 1020. The minimum Gasteiger partial charge on any atom is -0.444 e. The molecule has 0 bridgehead atoms. The van der Waals surface area contributed by atoms with E-state index in [9.17, 15) is 9.59 Å². The maximum atomic E-state index is 12.5. The minimum absolute atomic E-state index is 0.274. The molecule has 2 amide bonds. The number of rotatable bonds is 6. The highest BCUT2D eigenvalue weighted by atomic mass is 16.6. The largest absolute Gasteiger partial charge is 0.444 e. The first-order chi connectivity index (χ1) is 14.7. The second kappa shape index (κ2) is 9.47. The molecular formula is C24H28N4O3. The van der Waals surface area contributed by atoms with E-state index >= 15 is 0 Å². The molecule has 0 fully saturated rings. The number of amides is 2. The van der Waals surface area contributed by atoms with Crippen LogP contribution in [0.4, 0.5) is 4.79 Å². The highest BCUT2D eigenvalue weighted by Crippen LogP contribution is 2.23. The van der Waals surface area contributed by atoms with Gasteiger partial charge in [-0.2, -0.15) is 5.10 Å². The van der Waals surface area contributed by atoms with E-state index < -0.39 is 17.7 Å². The summed E-state index contributed by atoms with van der Waals surface area (Å²) in [5.41, 5.74) is 2.92. The zero-order valence-electron chi connectivity index (χ0n) is 18.3. The molecule has 7 heteroatoms. The lowest BCUT2D eigenvalue weighted by Gasteiger charge is -2.21. The maximum absolute atomic E-state index is 12.5. The molecule has 31 heavy (non-hydrogen) atoms. The van der Waals surface area contributed by atoms with Crippen molar-refractivity contribution in [1.82, 2.24) is 20.4 Å². The molecule has 0 aliphatic heterocycles. The average Bonchev–Trinajstić information content (AvgIpc) is 3.16. The normalized spacial score (nSPS) is 12.1. The summed E-state index contributed by atoms with van der Waals surface area (Å²) < 4.78 is 7.01. The van der Waals surface area contributed by atoms with Gasteiger partial charge >= 0.3 is 6.09 Å². The number of hydrogen-bond acceptors (Lipinski definition) is 4. The molecular weight excluding hydrogens is 392 g/mol. The predicted octanol–water partition coefficient (Wildman–Crippen LogP) is 4.07. The molecule has 2 N–H and O–H groups in total. The van der Waals surface area contributed by atoms with Crippen LogP contribution in [0.3, 0.4) is 0 Å². The van der Waals surface area contributed by atoms with Crippen LogP contribution in [0, 0.1) is 0 Å². The summed E-state index contributed by atoms with van der Waals surface area (Å²) in [6.07, 6.45) is 1.28. The Morgan fingerprint density at radius 2 is 1.65 bits per heavy atom. The molecule has 2 aromatic carbocycles. The zero-order valence-corrected chi connectivity index (χ0v) is 18.3. The van der Waals surface area contributed by atoms with Gasteiger partial charge in [0.2, 0.25) is 5.91 Å². The lowest BCUT2D eigenvalue weighted by Crippen LogP contribution is -2.46. The molecule has 7 nitrogen and oxygen atoms in total. The maximum Gasteiger partial charge on any atom is 0.408 e. The lowest BCUT2D eigenvalue weighted by molar-refractivity contribution is -0.122. The second-order valence-corrected chi connectivity index (χ2v) is 8.23. The van der Waals surface area contributed by atoms with Gasteiger partial charge in [0.05, 0.1) is 11.4 Å². The number of alkyl carbamates (subject to hydrolysis) is 1. The third-order valence-electron chi connectivity index (χ3n) is 4.44. The van der Waals surface area contributed by atoms with E-state index in [-0.39, 0.29) is 12.5 Å². The monoisotopic (exact) mass is 420 g/mol. The van der Waals surface area contributed by atoms with Crippen LogP contribution in [-0.4, -0.2) is 33.4 Å². The fraction of sp³-hybridized carbons (Fsp3) is 0.292. The van der Waals surface area contributed by atoms with Crippen molar-refractivity contribution in [1.29, 1.82) is 0 Å². The number of nitrogens with zero attached hydrogens (tertiary/aromatic N) is 2. The quantitative estimate of drug-likeness (QED) is 0.630. The molecule has 0 spiro atoms. The smallest absolute Gasteiger partial charge is 0.408 e. The minimum atomic E-state index is -0.737. The fourth-order valence-corrected chi connectivity index (χ4v) is 2.98. The molecule has 0 radical (unpaired) electrons. The van der Waals surface area contributed by atoms with Crippen molar-refractivity contribution in [2.75, 3.05) is 0 Å². The molecule has 1 aromatic heterocycles. The van der Waals surface area contributed by atoms with Crippen molar-refractivity contribution in [2.45, 2.75) is 45.9 Å². The second-order valence-electron chi connectivity index (χ2n) is 8.23. The summed E-state index contributed by atoms with van der Waals surface area (Å²) in [5, 5.41) is 10.2. The predicted molar refractivity (Wildman–Crippen MR) is 120 cm³/mol. The van der Waals surface area contributed by atoms with E-state index in [2.05, 4.69) is 10.6 Å². The van der Waals surface area contributed by atoms with Crippen LogP contribution in [0.25, 0.3) is 16.9 Å². The molecule has 3 aromatic rings. The van der Waals surface area contributed by atoms with Crippen LogP contribution in [0.5, 0.6) is 0 Å². The standard InChI is InChI=1S/C24H28N4O3/c1-17(26-23(30)31-24(2,3)4)22(29)25-15-19-16-28(20-13-9-6-10-14-20)27-21(19)18-11-7-5-8-12-18/h5-14,16-17H,15H2,1-4H3,(H,25,29)(H,26,30)/t17-/m1/s1. The van der Waals surface area contributed by atoms with E-state index in [0.29, 0.717) is 0 Å². The van der Waals surface area contributed by atoms with E-state index in [0.717, 1.165) is 22.5 Å². The number of aromatic nitrogens is 2. The van der Waals surface area contributed by atoms with Crippen molar-refractivity contribution in [3.8, 4) is 16.9 Å². The Morgan fingerprint density at radius 3 is 2.26 bits per heavy atom. The van der Waals surface area contributed by atoms with Gasteiger partial charge < -0.3 is 15.4 Å². The first kappa shape index (κ1) is 22.1. The number of ether oxygens (including phenoxy) is 1. The van der Waals surface area contributed by atoms with Crippen LogP contribution in [0.15, 0.2) is 66.9 Å². The Balaban J connectivity index is 1.74. The first-order valence-corrected chi connectivity index (χ1v) is 10.2. The van der Waals surface area contributed by atoms with E-state index in [1.165, 1.54) is 0 Å². The molecule has 0 aliphatic carbocycles. The van der Waals surface area contributed by atoms with Crippen LogP contribution in [0.2, 0.25) is 0 Å². The highest BCUT2D eigenvalue weighted by molar-refractivity contribution is 5.85. The molecule has 0 unspecified atom stereocenters. The number of carbonyl (C=O) groups excluding carboxylic acids is 2. The number of para-hydroxylation sites is 1. The molecule has 1 heterocycles. The van der Waals surface area contributed by atoms with Crippen LogP contribution in [0.1, 0.15) is 33.3 Å². The van der Waals surface area contributed by atoms with Crippen molar-refractivity contribution < 1.29 is 14.3 Å². The van der Waals surface area contributed by atoms with Gasteiger partial charge in [0.25, 0.3) is 0 Å². The summed E-state index contributed by atoms with van der Waals surface area (Å²) in [6.45, 7) is 7.20. The van der Waals surface area contributed by atoms with Crippen LogP contribution < -0.4 is 10.6 Å². The van der Waals surface area contributed by atoms with Gasteiger partial charge in [-0.1, -0.05) is 48.5 Å². The molecule has 162 valence electrons. The SMILES string of the molecule is C[C@@H](NC(=O)OC(C)(C)C)C(=O)NCc1cn(-c2ccccc2)nc1-c1ccccc1. The number of nitrogens with one attached hydrogen (secondary N) is 2. The zero-order chi connectivity index (χ0) is 22.4. The van der Waals surface area contributed by atoms with Crippen molar-refractivity contribution in [2.24, 2.45) is 0 Å². The van der Waals surface area contributed by atoms with Crippen LogP contribution >= 0.6 is 0 Å². The third kappa shape index (κ3) is 6.18. The number of benzene rings is 2. The summed E-state index contributed by atoms with van der Waals surface area (Å²) in [4.78, 5) is 24.5. The topological polar surface area (TPSA) is 85.2 Å². The van der Waals surface area contributed by atoms with Crippen molar-refractivity contribution in [3.05, 3.63) is 72.4 Å². The Morgan fingerprint density at radius 1 is 1.03 bits per heavy atom. The summed E-state index contributed by atoms with van der Waals surface area (Å²) >= 11 is 0. The molecule has 3 rings (SSSR count). The summed E-state index contributed by atoms with van der Waals surface area (Å²) in [6, 6.07) is 18.9. The molecule has 0 saturated carbocycles. The number of carbonyl (C=O) groups is 2. The van der Waals surface area contributed by atoms with Gasteiger partial charge in [-0.25, -0.2) is 9.48 Å². The Hall–Kier alpha value is -3.61. The van der Waals surface area contributed by atoms with E-state index in [1.54, 1.807) is 32.4 Å². The van der Waals surface area contributed by atoms with Gasteiger partial charge in [0.15, 0.2) is 0 Å². The lowest BCUT2D eigenvalue weighted by atomic mass is 10.1. The average molecular weight is 421 g/mol. The number of hydrogen-bond donors (Lipinski definition) is 2. The summed E-state index contributed by atoms with van der Waals surface area (Å²) in [7, 11) is 0. The van der Waals surface area contributed by atoms with Gasteiger partial charge in [-0.05, 0) is 39.8 Å². The van der Waals surface area contributed by atoms with Gasteiger partial charge in [-0.15, -0.1) is 0 Å². The molecule has 0 aliphatic rings. The Kier molecular flexibility index (Phi) is 6.74. The van der Waals surface area contributed by atoms with Gasteiger partial charge in [0.1, 0.15) is 11.6 Å². The molecule has 0 saturated heterocycles. The van der Waals surface area contributed by atoms with E-state index in [4.69, 9.17) is 9.84 Å². The van der Waals surface area contributed by atoms with E-state index in [1.807, 2.05) is 66.9 Å². The fourth-order valence-electron chi connectivity index (χ4n) is 2.98. The first-order valence-electron chi connectivity index (χ1n) is 10.2. The highest BCUT2D eigenvalue weighted by Gasteiger charge is 2.21. The third-order valence-corrected chi connectivity index (χ3v) is 4.44.